The summed E-state index contributed by atoms with van der Waals surface area (Å²) in [5, 5.41) is 0. The van der Waals surface area contributed by atoms with E-state index in [1.54, 1.807) is 0 Å². The van der Waals surface area contributed by atoms with Crippen LogP contribution in [0, 0.1) is 12.3 Å². The first-order valence-electron chi connectivity index (χ1n) is 3.76. The Morgan fingerprint density at radius 3 is 2.50 bits per heavy atom. The number of terminal acetylenes is 1. The van der Waals surface area contributed by atoms with Crippen molar-refractivity contribution in [3.05, 3.63) is 29.8 Å². The fraction of sp³-hybridized carbons (Fsp3) is 0.200. The number of ether oxygens (including phenoxy) is 1. The zero-order valence-electron chi connectivity index (χ0n) is 6.79. The van der Waals surface area contributed by atoms with Crippen molar-refractivity contribution in [3.63, 3.8) is 0 Å². The Bertz CT molecular complexity index is 271. The Hall–Kier alpha value is -1.46. The topological polar surface area (TPSA) is 35.2 Å². The lowest BCUT2D eigenvalue weighted by Gasteiger charge is -2.03. The summed E-state index contributed by atoms with van der Waals surface area (Å²) in [6.07, 6.45) is 5.19. The average molecular weight is 161 g/mol. The zero-order chi connectivity index (χ0) is 8.81. The van der Waals surface area contributed by atoms with Gasteiger partial charge in [0.1, 0.15) is 12.4 Å². The summed E-state index contributed by atoms with van der Waals surface area (Å²) in [6.45, 7) is 1.06. The molecule has 0 aliphatic rings. The van der Waals surface area contributed by atoms with Crippen LogP contribution < -0.4 is 10.5 Å². The summed E-state index contributed by atoms with van der Waals surface area (Å²) in [5.41, 5.74) is 6.13. The van der Waals surface area contributed by atoms with Gasteiger partial charge in [0.2, 0.25) is 0 Å². The predicted molar refractivity (Wildman–Crippen MR) is 48.9 cm³/mol. The number of hydrogen-bond donors (Lipinski definition) is 1. The first kappa shape index (κ1) is 8.63. The van der Waals surface area contributed by atoms with E-state index in [4.69, 9.17) is 16.9 Å². The Morgan fingerprint density at radius 1 is 1.33 bits per heavy atom. The number of rotatable bonds is 3. The number of hydrogen-bond acceptors (Lipinski definition) is 2. The van der Waals surface area contributed by atoms with Gasteiger partial charge in [-0.15, -0.1) is 6.42 Å². The van der Waals surface area contributed by atoms with Crippen molar-refractivity contribution < 1.29 is 4.74 Å². The van der Waals surface area contributed by atoms with E-state index in [2.05, 4.69) is 5.92 Å². The van der Waals surface area contributed by atoms with Crippen LogP contribution >= 0.6 is 0 Å². The van der Waals surface area contributed by atoms with Gasteiger partial charge in [-0.25, -0.2) is 0 Å². The molecule has 1 aromatic carbocycles. The van der Waals surface area contributed by atoms with Crippen LogP contribution in [0.3, 0.4) is 0 Å². The lowest BCUT2D eigenvalue weighted by Crippen LogP contribution is -2.10. The van der Waals surface area contributed by atoms with Gasteiger partial charge in [0.05, 0.1) is 0 Å². The van der Waals surface area contributed by atoms with Crippen molar-refractivity contribution in [1.29, 1.82) is 0 Å². The van der Waals surface area contributed by atoms with E-state index in [9.17, 15) is 0 Å². The summed E-state index contributed by atoms with van der Waals surface area (Å²) < 4.78 is 5.26. The first-order chi connectivity index (χ1) is 5.86. The van der Waals surface area contributed by atoms with Gasteiger partial charge in [0, 0.05) is 12.1 Å². The molecule has 0 fully saturated rings. The molecule has 0 atom stereocenters. The molecule has 12 heavy (non-hydrogen) atoms. The van der Waals surface area contributed by atoms with Crippen LogP contribution in [0.4, 0.5) is 0 Å². The third-order valence-electron chi connectivity index (χ3n) is 1.41. The molecule has 0 aliphatic heterocycles. The van der Waals surface area contributed by atoms with E-state index >= 15 is 0 Å². The smallest absolute Gasteiger partial charge is 0.119 e. The van der Waals surface area contributed by atoms with Crippen LogP contribution in [0.5, 0.6) is 5.75 Å². The van der Waals surface area contributed by atoms with E-state index in [0.717, 1.165) is 11.3 Å². The minimum Gasteiger partial charge on any atom is -0.492 e. The van der Waals surface area contributed by atoms with Gasteiger partial charge >= 0.3 is 0 Å². The maximum Gasteiger partial charge on any atom is 0.119 e. The number of benzene rings is 1. The summed E-state index contributed by atoms with van der Waals surface area (Å²) in [7, 11) is 0. The maximum absolute atomic E-state index is 5.28. The zero-order valence-corrected chi connectivity index (χ0v) is 6.79. The highest BCUT2D eigenvalue weighted by Gasteiger charge is 1.91. The van der Waals surface area contributed by atoms with E-state index in [1.165, 1.54) is 0 Å². The molecule has 0 saturated carbocycles. The van der Waals surface area contributed by atoms with E-state index < -0.39 is 0 Å². The van der Waals surface area contributed by atoms with Gasteiger partial charge < -0.3 is 10.5 Å². The monoisotopic (exact) mass is 161 g/mol. The molecule has 0 aromatic heterocycles. The molecule has 2 heteroatoms. The van der Waals surface area contributed by atoms with Gasteiger partial charge in [-0.05, 0) is 24.3 Å². The van der Waals surface area contributed by atoms with Crippen LogP contribution in [0.2, 0.25) is 0 Å². The second-order valence-electron chi connectivity index (χ2n) is 2.31. The SMILES string of the molecule is C#Cc1ccc(OCCN)cc1. The third-order valence-corrected chi connectivity index (χ3v) is 1.41. The van der Waals surface area contributed by atoms with Crippen molar-refractivity contribution in [2.24, 2.45) is 5.73 Å². The molecule has 1 aromatic rings. The average Bonchev–Trinajstić information content (AvgIpc) is 2.15. The van der Waals surface area contributed by atoms with Gasteiger partial charge in [0.25, 0.3) is 0 Å². The largest absolute Gasteiger partial charge is 0.492 e. The molecule has 2 nitrogen and oxygen atoms in total. The van der Waals surface area contributed by atoms with Crippen LogP contribution in [-0.4, -0.2) is 13.2 Å². The molecule has 0 aliphatic carbocycles. The molecule has 0 saturated heterocycles. The lowest BCUT2D eigenvalue weighted by atomic mass is 10.2. The standard InChI is InChI=1S/C10H11NO/c1-2-9-3-5-10(6-4-9)12-8-7-11/h1,3-6H,7-8,11H2. The normalized spacial score (nSPS) is 9.00. The molecule has 0 heterocycles. The highest BCUT2D eigenvalue weighted by atomic mass is 16.5. The van der Waals surface area contributed by atoms with Crippen molar-refractivity contribution in [3.8, 4) is 18.1 Å². The van der Waals surface area contributed by atoms with Crippen molar-refractivity contribution >= 4 is 0 Å². The fourth-order valence-corrected chi connectivity index (χ4v) is 0.824. The van der Waals surface area contributed by atoms with Gasteiger partial charge in [-0.2, -0.15) is 0 Å². The molecule has 2 N–H and O–H groups in total. The minimum absolute atomic E-state index is 0.525. The Morgan fingerprint density at radius 2 is 2.00 bits per heavy atom. The molecule has 1 rings (SSSR count). The van der Waals surface area contributed by atoms with Gasteiger partial charge in [-0.3, -0.25) is 0 Å². The Kier molecular flexibility index (Phi) is 3.18. The summed E-state index contributed by atoms with van der Waals surface area (Å²) >= 11 is 0. The van der Waals surface area contributed by atoms with Crippen molar-refractivity contribution in [1.82, 2.24) is 0 Å². The van der Waals surface area contributed by atoms with Crippen LogP contribution in [0.25, 0.3) is 0 Å². The molecule has 0 amide bonds. The van der Waals surface area contributed by atoms with Crippen LogP contribution in [-0.2, 0) is 0 Å². The molecular formula is C10H11NO. The summed E-state index contributed by atoms with van der Waals surface area (Å²) in [5.74, 6) is 3.34. The van der Waals surface area contributed by atoms with E-state index in [-0.39, 0.29) is 0 Å². The quantitative estimate of drug-likeness (QED) is 0.671. The van der Waals surface area contributed by atoms with Crippen molar-refractivity contribution in [2.45, 2.75) is 0 Å². The van der Waals surface area contributed by atoms with Gasteiger partial charge in [0.15, 0.2) is 0 Å². The second kappa shape index (κ2) is 4.42. The minimum atomic E-state index is 0.525. The fourth-order valence-electron chi connectivity index (χ4n) is 0.824. The first-order valence-corrected chi connectivity index (χ1v) is 3.76. The van der Waals surface area contributed by atoms with Crippen molar-refractivity contribution in [2.75, 3.05) is 13.2 Å². The van der Waals surface area contributed by atoms with Gasteiger partial charge in [-0.1, -0.05) is 5.92 Å². The molecular weight excluding hydrogens is 150 g/mol. The Balaban J connectivity index is 2.60. The van der Waals surface area contributed by atoms with Crippen LogP contribution in [0.1, 0.15) is 5.56 Å². The molecule has 0 spiro atoms. The van der Waals surface area contributed by atoms with E-state index in [0.29, 0.717) is 13.2 Å². The Labute approximate surface area is 72.3 Å². The molecule has 62 valence electrons. The molecule has 0 bridgehead atoms. The third kappa shape index (κ3) is 2.30. The second-order valence-corrected chi connectivity index (χ2v) is 2.31. The number of nitrogens with two attached hydrogens (primary N) is 1. The summed E-state index contributed by atoms with van der Waals surface area (Å²) in [6, 6.07) is 7.35. The highest BCUT2D eigenvalue weighted by Crippen LogP contribution is 2.10. The molecule has 0 unspecified atom stereocenters. The lowest BCUT2D eigenvalue weighted by molar-refractivity contribution is 0.328. The summed E-state index contributed by atoms with van der Waals surface area (Å²) in [4.78, 5) is 0. The maximum atomic E-state index is 5.28. The predicted octanol–water partition coefficient (Wildman–Crippen LogP) is 1.01. The molecule has 0 radical (unpaired) electrons. The highest BCUT2D eigenvalue weighted by molar-refractivity contribution is 5.36. The van der Waals surface area contributed by atoms with E-state index in [1.807, 2.05) is 24.3 Å². The van der Waals surface area contributed by atoms with Crippen LogP contribution in [0.15, 0.2) is 24.3 Å².